The summed E-state index contributed by atoms with van der Waals surface area (Å²) in [6, 6.07) is 0. The maximum Gasteiger partial charge on any atom is 0.0956 e. The highest BCUT2D eigenvalue weighted by Gasteiger charge is 2.05. The van der Waals surface area contributed by atoms with Crippen LogP contribution in [0.4, 0.5) is 0 Å². The second-order valence-corrected chi connectivity index (χ2v) is 2.67. The van der Waals surface area contributed by atoms with E-state index in [-0.39, 0.29) is 6.73 Å². The molecule has 54 valence electrons. The van der Waals surface area contributed by atoms with Crippen molar-refractivity contribution >= 4 is 0 Å². The Balaban J connectivity index is 2.18. The van der Waals surface area contributed by atoms with Crippen LogP contribution in [-0.4, -0.2) is 29.8 Å². The van der Waals surface area contributed by atoms with Gasteiger partial charge in [0.15, 0.2) is 0 Å². The van der Waals surface area contributed by atoms with Crippen LogP contribution in [0.1, 0.15) is 25.7 Å². The monoisotopic (exact) mass is 129 g/mol. The number of nitrogens with zero attached hydrogens (tertiary/aromatic N) is 1. The minimum atomic E-state index is 0.250. The third kappa shape index (κ3) is 2.33. The van der Waals surface area contributed by atoms with Gasteiger partial charge in [-0.15, -0.1) is 0 Å². The van der Waals surface area contributed by atoms with Crippen LogP contribution in [0.25, 0.3) is 0 Å². The zero-order valence-electron chi connectivity index (χ0n) is 5.84. The van der Waals surface area contributed by atoms with Crippen LogP contribution in [-0.2, 0) is 0 Å². The second-order valence-electron chi connectivity index (χ2n) is 2.67. The van der Waals surface area contributed by atoms with Crippen LogP contribution < -0.4 is 0 Å². The van der Waals surface area contributed by atoms with E-state index in [0.29, 0.717) is 0 Å². The fraction of sp³-hybridized carbons (Fsp3) is 1.00. The molecule has 1 aliphatic heterocycles. The summed E-state index contributed by atoms with van der Waals surface area (Å²) in [5.74, 6) is 0. The Bertz CT molecular complexity index is 67.3. The molecule has 0 aromatic carbocycles. The number of likely N-dealkylation sites (tertiary alicyclic amines) is 1. The van der Waals surface area contributed by atoms with Gasteiger partial charge in [0.25, 0.3) is 0 Å². The molecule has 2 heteroatoms. The summed E-state index contributed by atoms with van der Waals surface area (Å²) in [4.78, 5) is 2.10. The Labute approximate surface area is 56.5 Å². The van der Waals surface area contributed by atoms with Crippen molar-refractivity contribution in [2.75, 3.05) is 19.8 Å². The summed E-state index contributed by atoms with van der Waals surface area (Å²) in [5, 5.41) is 8.74. The molecule has 1 heterocycles. The maximum atomic E-state index is 8.74. The lowest BCUT2D eigenvalue weighted by Crippen LogP contribution is -2.25. The molecule has 0 aliphatic carbocycles. The topological polar surface area (TPSA) is 23.5 Å². The van der Waals surface area contributed by atoms with Gasteiger partial charge in [0.05, 0.1) is 6.73 Å². The van der Waals surface area contributed by atoms with E-state index in [2.05, 4.69) is 4.90 Å². The molecule has 0 aromatic heterocycles. The van der Waals surface area contributed by atoms with Crippen molar-refractivity contribution in [1.29, 1.82) is 0 Å². The predicted molar refractivity (Wildman–Crippen MR) is 37.1 cm³/mol. The van der Waals surface area contributed by atoms with E-state index in [4.69, 9.17) is 5.11 Å². The van der Waals surface area contributed by atoms with Crippen LogP contribution in [0, 0.1) is 0 Å². The lowest BCUT2D eigenvalue weighted by molar-refractivity contribution is 0.111. The molecule has 0 atom stereocenters. The first-order valence-corrected chi connectivity index (χ1v) is 3.76. The van der Waals surface area contributed by atoms with Gasteiger partial charge in [-0.1, -0.05) is 12.8 Å². The SMILES string of the molecule is OCN1CCCCCC1. The number of hydrogen-bond donors (Lipinski definition) is 1. The van der Waals surface area contributed by atoms with E-state index in [9.17, 15) is 0 Å². The van der Waals surface area contributed by atoms with E-state index < -0.39 is 0 Å². The van der Waals surface area contributed by atoms with Crippen molar-refractivity contribution in [3.8, 4) is 0 Å². The van der Waals surface area contributed by atoms with Crippen molar-refractivity contribution in [2.24, 2.45) is 0 Å². The van der Waals surface area contributed by atoms with Crippen LogP contribution in [0.3, 0.4) is 0 Å². The third-order valence-corrected chi connectivity index (χ3v) is 1.90. The van der Waals surface area contributed by atoms with Crippen molar-refractivity contribution in [2.45, 2.75) is 25.7 Å². The summed E-state index contributed by atoms with van der Waals surface area (Å²) in [6.07, 6.45) is 5.22. The normalized spacial score (nSPS) is 23.7. The van der Waals surface area contributed by atoms with Crippen LogP contribution >= 0.6 is 0 Å². The number of hydrogen-bond acceptors (Lipinski definition) is 2. The molecule has 1 aliphatic rings. The molecule has 1 fully saturated rings. The maximum absolute atomic E-state index is 8.74. The quantitative estimate of drug-likeness (QED) is 0.566. The van der Waals surface area contributed by atoms with Gasteiger partial charge in [-0.3, -0.25) is 4.90 Å². The Kier molecular flexibility index (Phi) is 3.01. The lowest BCUT2D eigenvalue weighted by atomic mass is 10.2. The zero-order chi connectivity index (χ0) is 6.53. The van der Waals surface area contributed by atoms with E-state index in [1.807, 2.05) is 0 Å². The summed E-state index contributed by atoms with van der Waals surface area (Å²) in [5.41, 5.74) is 0. The fourth-order valence-electron chi connectivity index (χ4n) is 1.28. The zero-order valence-corrected chi connectivity index (χ0v) is 5.84. The molecule has 0 bridgehead atoms. The standard InChI is InChI=1S/C7H15NO/c9-7-8-5-3-1-2-4-6-8/h9H,1-7H2. The molecule has 9 heavy (non-hydrogen) atoms. The first-order valence-electron chi connectivity index (χ1n) is 3.76. The smallest absolute Gasteiger partial charge is 0.0956 e. The third-order valence-electron chi connectivity index (χ3n) is 1.90. The highest BCUT2D eigenvalue weighted by molar-refractivity contribution is 4.58. The largest absolute Gasteiger partial charge is 0.381 e. The number of aliphatic hydroxyl groups is 1. The molecular formula is C7H15NO. The summed E-state index contributed by atoms with van der Waals surface area (Å²) in [6.45, 7) is 2.44. The first-order chi connectivity index (χ1) is 4.43. The number of rotatable bonds is 1. The highest BCUT2D eigenvalue weighted by Crippen LogP contribution is 2.07. The highest BCUT2D eigenvalue weighted by atomic mass is 16.3. The second kappa shape index (κ2) is 3.85. The van der Waals surface area contributed by atoms with Gasteiger partial charge >= 0.3 is 0 Å². The molecule has 2 nitrogen and oxygen atoms in total. The Morgan fingerprint density at radius 2 is 1.56 bits per heavy atom. The van der Waals surface area contributed by atoms with Gasteiger partial charge < -0.3 is 5.11 Å². The molecule has 0 saturated carbocycles. The first kappa shape index (κ1) is 7.03. The van der Waals surface area contributed by atoms with Gasteiger partial charge in [0.2, 0.25) is 0 Å². The predicted octanol–water partition coefficient (Wildman–Crippen LogP) is 0.812. The molecule has 0 spiro atoms. The van der Waals surface area contributed by atoms with Crippen LogP contribution in [0.5, 0.6) is 0 Å². The molecule has 0 amide bonds. The average Bonchev–Trinajstić information content (AvgIpc) is 2.13. The van der Waals surface area contributed by atoms with Crippen molar-refractivity contribution in [3.05, 3.63) is 0 Å². The molecule has 0 unspecified atom stereocenters. The molecule has 1 rings (SSSR count). The van der Waals surface area contributed by atoms with Crippen molar-refractivity contribution in [3.63, 3.8) is 0 Å². The summed E-state index contributed by atoms with van der Waals surface area (Å²) in [7, 11) is 0. The van der Waals surface area contributed by atoms with Crippen LogP contribution in [0.2, 0.25) is 0 Å². The average molecular weight is 129 g/mol. The Hall–Kier alpha value is -0.0800. The Morgan fingerprint density at radius 3 is 2.00 bits per heavy atom. The summed E-state index contributed by atoms with van der Waals surface area (Å²) >= 11 is 0. The minimum Gasteiger partial charge on any atom is -0.381 e. The van der Waals surface area contributed by atoms with Gasteiger partial charge in [0, 0.05) is 13.1 Å². The Morgan fingerprint density at radius 1 is 1.00 bits per heavy atom. The number of aliphatic hydroxyl groups excluding tert-OH is 1. The minimum absolute atomic E-state index is 0.250. The molecule has 0 radical (unpaired) electrons. The van der Waals surface area contributed by atoms with Crippen molar-refractivity contribution < 1.29 is 5.11 Å². The van der Waals surface area contributed by atoms with E-state index in [0.717, 1.165) is 13.1 Å². The van der Waals surface area contributed by atoms with E-state index in [1.54, 1.807) is 0 Å². The van der Waals surface area contributed by atoms with Gasteiger partial charge in [-0.05, 0) is 12.8 Å². The fourth-order valence-corrected chi connectivity index (χ4v) is 1.28. The van der Waals surface area contributed by atoms with Gasteiger partial charge in [0.1, 0.15) is 0 Å². The van der Waals surface area contributed by atoms with E-state index >= 15 is 0 Å². The molecule has 1 saturated heterocycles. The van der Waals surface area contributed by atoms with Crippen LogP contribution in [0.15, 0.2) is 0 Å². The van der Waals surface area contributed by atoms with E-state index in [1.165, 1.54) is 25.7 Å². The van der Waals surface area contributed by atoms with Crippen molar-refractivity contribution in [1.82, 2.24) is 4.90 Å². The lowest BCUT2D eigenvalue weighted by Gasteiger charge is -2.14. The van der Waals surface area contributed by atoms with Gasteiger partial charge in [-0.2, -0.15) is 0 Å². The molecule has 1 N–H and O–H groups in total. The van der Waals surface area contributed by atoms with Gasteiger partial charge in [-0.25, -0.2) is 0 Å². The summed E-state index contributed by atoms with van der Waals surface area (Å²) < 4.78 is 0. The molecule has 0 aromatic rings. The molecular weight excluding hydrogens is 114 g/mol.